The summed E-state index contributed by atoms with van der Waals surface area (Å²) >= 11 is 0. The normalized spacial score (nSPS) is 18.1. The van der Waals surface area contributed by atoms with Gasteiger partial charge in [-0.05, 0) is 25.7 Å². The van der Waals surface area contributed by atoms with Gasteiger partial charge in [-0.25, -0.2) is 17.7 Å². The number of hydrogen-bond acceptors (Lipinski definition) is 4. The van der Waals surface area contributed by atoms with E-state index in [1.807, 2.05) is 0 Å². The lowest BCUT2D eigenvalue weighted by Crippen LogP contribution is -2.41. The number of amides is 1. The summed E-state index contributed by atoms with van der Waals surface area (Å²) < 4.78 is 24.3. The van der Waals surface area contributed by atoms with Crippen LogP contribution in [0.1, 0.15) is 29.0 Å². The molecule has 2 heterocycles. The zero-order chi connectivity index (χ0) is 14.8. The molecule has 20 heavy (non-hydrogen) atoms. The molecule has 7 nitrogen and oxygen atoms in total. The number of imidazole rings is 1. The van der Waals surface area contributed by atoms with Gasteiger partial charge in [-0.3, -0.25) is 4.79 Å². The fourth-order valence-corrected chi connectivity index (χ4v) is 3.23. The van der Waals surface area contributed by atoms with Crippen molar-refractivity contribution in [3.05, 3.63) is 17.7 Å². The first-order valence-electron chi connectivity index (χ1n) is 6.61. The fraction of sp³-hybridized carbons (Fsp3) is 0.667. The number of H-pyrrole nitrogens is 1. The number of nitrogens with one attached hydrogen (secondary N) is 2. The fourth-order valence-electron chi connectivity index (χ4n) is 2.35. The average Bonchev–Trinajstić information content (AvgIpc) is 2.82. The number of aromatic amines is 1. The Labute approximate surface area is 118 Å². The summed E-state index contributed by atoms with van der Waals surface area (Å²) in [6.45, 7) is 3.41. The molecule has 0 unspecified atom stereocenters. The zero-order valence-electron chi connectivity index (χ0n) is 11.7. The van der Waals surface area contributed by atoms with Gasteiger partial charge < -0.3 is 10.3 Å². The van der Waals surface area contributed by atoms with Gasteiger partial charge in [0.05, 0.1) is 12.6 Å². The number of piperidine rings is 1. The van der Waals surface area contributed by atoms with Crippen LogP contribution >= 0.6 is 0 Å². The minimum absolute atomic E-state index is 0.186. The molecule has 0 atom stereocenters. The molecular formula is C12H20N4O3S. The van der Waals surface area contributed by atoms with Gasteiger partial charge in [0, 0.05) is 25.3 Å². The highest BCUT2D eigenvalue weighted by Crippen LogP contribution is 2.18. The maximum Gasteiger partial charge on any atom is 0.271 e. The second-order valence-corrected chi connectivity index (χ2v) is 7.17. The summed E-state index contributed by atoms with van der Waals surface area (Å²) in [5, 5.41) is 2.86. The van der Waals surface area contributed by atoms with E-state index < -0.39 is 10.0 Å². The van der Waals surface area contributed by atoms with Crippen molar-refractivity contribution in [1.82, 2.24) is 19.6 Å². The molecule has 1 fully saturated rings. The molecule has 0 bridgehead atoms. The topological polar surface area (TPSA) is 95.2 Å². The van der Waals surface area contributed by atoms with Crippen molar-refractivity contribution in [2.75, 3.05) is 25.9 Å². The van der Waals surface area contributed by atoms with E-state index in [-0.39, 0.29) is 5.91 Å². The number of aromatic nitrogens is 2. The van der Waals surface area contributed by atoms with Crippen molar-refractivity contribution in [3.8, 4) is 0 Å². The molecule has 0 spiro atoms. The van der Waals surface area contributed by atoms with E-state index in [9.17, 15) is 13.2 Å². The highest BCUT2D eigenvalue weighted by molar-refractivity contribution is 7.88. The Morgan fingerprint density at radius 2 is 2.15 bits per heavy atom. The monoisotopic (exact) mass is 300 g/mol. The minimum Gasteiger partial charge on any atom is -0.350 e. The van der Waals surface area contributed by atoms with Crippen LogP contribution in [0.2, 0.25) is 0 Å². The Kier molecular flexibility index (Phi) is 4.44. The molecule has 1 aliphatic rings. The number of carbonyl (C=O) groups excluding carboxylic acids is 1. The molecule has 0 saturated carbocycles. The first-order chi connectivity index (χ1) is 9.38. The molecule has 1 aromatic heterocycles. The number of nitrogens with zero attached hydrogens (tertiary/aromatic N) is 2. The highest BCUT2D eigenvalue weighted by atomic mass is 32.2. The van der Waals surface area contributed by atoms with Gasteiger partial charge in [-0.1, -0.05) is 0 Å². The molecule has 2 rings (SSSR count). The van der Waals surface area contributed by atoms with Crippen LogP contribution in [-0.2, 0) is 10.0 Å². The molecule has 1 amide bonds. The molecule has 0 radical (unpaired) electrons. The van der Waals surface area contributed by atoms with Crippen LogP contribution in [0.3, 0.4) is 0 Å². The predicted molar refractivity (Wildman–Crippen MR) is 74.8 cm³/mol. The van der Waals surface area contributed by atoms with Crippen LogP contribution < -0.4 is 5.32 Å². The Bertz CT molecular complexity index is 573. The van der Waals surface area contributed by atoms with E-state index in [0.717, 1.165) is 18.5 Å². The summed E-state index contributed by atoms with van der Waals surface area (Å²) in [4.78, 5) is 18.7. The predicted octanol–water partition coefficient (Wildman–Crippen LogP) is 0.120. The summed E-state index contributed by atoms with van der Waals surface area (Å²) in [6.07, 6.45) is 4.27. The second kappa shape index (κ2) is 5.92. The lowest BCUT2D eigenvalue weighted by Gasteiger charge is -2.30. The summed E-state index contributed by atoms with van der Waals surface area (Å²) in [5.74, 6) is 0.130. The van der Waals surface area contributed by atoms with Gasteiger partial charge in [-0.15, -0.1) is 0 Å². The largest absolute Gasteiger partial charge is 0.350 e. The van der Waals surface area contributed by atoms with Crippen LogP contribution in [-0.4, -0.2) is 54.5 Å². The van der Waals surface area contributed by atoms with Crippen molar-refractivity contribution in [2.45, 2.75) is 19.8 Å². The highest BCUT2D eigenvalue weighted by Gasteiger charge is 2.25. The molecule has 0 aromatic carbocycles. The second-order valence-electron chi connectivity index (χ2n) is 5.19. The Morgan fingerprint density at radius 1 is 1.50 bits per heavy atom. The molecule has 1 saturated heterocycles. The van der Waals surface area contributed by atoms with Crippen LogP contribution in [0, 0.1) is 12.8 Å². The van der Waals surface area contributed by atoms with Crippen molar-refractivity contribution in [1.29, 1.82) is 0 Å². The van der Waals surface area contributed by atoms with Gasteiger partial charge in [-0.2, -0.15) is 0 Å². The van der Waals surface area contributed by atoms with Crippen LogP contribution in [0.15, 0.2) is 6.33 Å². The third-order valence-electron chi connectivity index (χ3n) is 3.64. The molecule has 1 aliphatic heterocycles. The van der Waals surface area contributed by atoms with Crippen LogP contribution in [0.4, 0.5) is 0 Å². The maximum atomic E-state index is 11.9. The van der Waals surface area contributed by atoms with E-state index in [1.165, 1.54) is 16.9 Å². The zero-order valence-corrected chi connectivity index (χ0v) is 12.5. The summed E-state index contributed by atoms with van der Waals surface area (Å²) in [6, 6.07) is 0. The lowest BCUT2D eigenvalue weighted by atomic mass is 9.98. The van der Waals surface area contributed by atoms with Gasteiger partial charge in [0.25, 0.3) is 5.91 Å². The minimum atomic E-state index is -3.09. The van der Waals surface area contributed by atoms with Gasteiger partial charge >= 0.3 is 0 Å². The summed E-state index contributed by atoms with van der Waals surface area (Å²) in [7, 11) is -3.09. The van der Waals surface area contributed by atoms with Gasteiger partial charge in [0.15, 0.2) is 0 Å². The molecular weight excluding hydrogens is 280 g/mol. The average molecular weight is 300 g/mol. The van der Waals surface area contributed by atoms with E-state index in [2.05, 4.69) is 15.3 Å². The first-order valence-corrected chi connectivity index (χ1v) is 8.46. The third-order valence-corrected chi connectivity index (χ3v) is 4.94. The SMILES string of the molecule is Cc1[nH]cnc1C(=O)NCC1CCN(S(C)(=O)=O)CC1. The van der Waals surface area contributed by atoms with Gasteiger partial charge in [0.2, 0.25) is 10.0 Å². The number of hydrogen-bond donors (Lipinski definition) is 2. The molecule has 8 heteroatoms. The van der Waals surface area contributed by atoms with E-state index >= 15 is 0 Å². The maximum absolute atomic E-state index is 11.9. The standard InChI is InChI=1S/C12H20N4O3S/c1-9-11(15-8-14-9)12(17)13-7-10-3-5-16(6-4-10)20(2,18)19/h8,10H,3-7H2,1-2H3,(H,13,17)(H,14,15). The third kappa shape index (κ3) is 3.57. The Morgan fingerprint density at radius 3 is 2.65 bits per heavy atom. The van der Waals surface area contributed by atoms with Crippen molar-refractivity contribution >= 4 is 15.9 Å². The van der Waals surface area contributed by atoms with Crippen molar-refractivity contribution in [3.63, 3.8) is 0 Å². The van der Waals surface area contributed by atoms with Crippen LogP contribution in [0.25, 0.3) is 0 Å². The summed E-state index contributed by atoms with van der Waals surface area (Å²) in [5.41, 5.74) is 1.16. The number of rotatable bonds is 4. The van der Waals surface area contributed by atoms with Crippen molar-refractivity contribution < 1.29 is 13.2 Å². The molecule has 2 N–H and O–H groups in total. The van der Waals surface area contributed by atoms with E-state index in [1.54, 1.807) is 6.92 Å². The van der Waals surface area contributed by atoms with E-state index in [0.29, 0.717) is 31.2 Å². The van der Waals surface area contributed by atoms with Crippen molar-refractivity contribution in [2.24, 2.45) is 5.92 Å². The number of aryl methyl sites for hydroxylation is 1. The van der Waals surface area contributed by atoms with Crippen LogP contribution in [0.5, 0.6) is 0 Å². The first kappa shape index (κ1) is 15.0. The van der Waals surface area contributed by atoms with Gasteiger partial charge in [0.1, 0.15) is 5.69 Å². The molecule has 1 aromatic rings. The number of sulfonamides is 1. The lowest BCUT2D eigenvalue weighted by molar-refractivity contribution is 0.0936. The quantitative estimate of drug-likeness (QED) is 0.825. The Balaban J connectivity index is 1.80. The smallest absolute Gasteiger partial charge is 0.271 e. The van der Waals surface area contributed by atoms with E-state index in [4.69, 9.17) is 0 Å². The Hall–Kier alpha value is -1.41. The number of carbonyl (C=O) groups is 1. The molecule has 0 aliphatic carbocycles. The molecule has 112 valence electrons.